The van der Waals surface area contributed by atoms with Crippen molar-refractivity contribution < 1.29 is 17.0 Å². The molecule has 2 aliphatic rings. The lowest BCUT2D eigenvalue weighted by molar-refractivity contribution is -0.401. The van der Waals surface area contributed by atoms with E-state index in [-0.39, 0.29) is 17.8 Å². The second kappa shape index (κ2) is 7.58. The normalized spacial score (nSPS) is 18.7. The van der Waals surface area contributed by atoms with Crippen LogP contribution in [0.4, 0.5) is 11.4 Å². The minimum Gasteiger partial charge on any atom is -1.00 e. The van der Waals surface area contributed by atoms with Gasteiger partial charge in [0.05, 0.1) is 5.41 Å². The summed E-state index contributed by atoms with van der Waals surface area (Å²) in [7, 11) is 2.15. The molecule has 0 atom stereocenters. The van der Waals surface area contributed by atoms with Gasteiger partial charge in [0, 0.05) is 35.5 Å². The monoisotopic (exact) mass is 376 g/mol. The first-order valence-corrected chi connectivity index (χ1v) is 9.17. The van der Waals surface area contributed by atoms with Crippen LogP contribution in [-0.4, -0.2) is 17.3 Å². The van der Waals surface area contributed by atoms with Crippen LogP contribution in [0.1, 0.15) is 25.0 Å². The average Bonchev–Trinajstić information content (AvgIpc) is 3.14. The zero-order chi connectivity index (χ0) is 18.1. The molecule has 2 aliphatic heterocycles. The first-order chi connectivity index (χ1) is 12.6. The third-order valence-electron chi connectivity index (χ3n) is 5.41. The van der Waals surface area contributed by atoms with Gasteiger partial charge in [-0.05, 0) is 31.6 Å². The van der Waals surface area contributed by atoms with Gasteiger partial charge in [-0.15, -0.1) is 0 Å². The smallest absolute Gasteiger partial charge is 0.209 e. The van der Waals surface area contributed by atoms with Crippen LogP contribution >= 0.6 is 0 Å². The zero-order valence-corrected chi connectivity index (χ0v) is 16.8. The lowest BCUT2D eigenvalue weighted by atomic mass is 9.81. The number of nitrogens with one attached hydrogen (secondary N) is 1. The highest BCUT2D eigenvalue weighted by Crippen LogP contribution is 2.38. The van der Waals surface area contributed by atoms with E-state index in [1.54, 1.807) is 0 Å². The maximum Gasteiger partial charge on any atom is 0.209 e. The van der Waals surface area contributed by atoms with Crippen LogP contribution in [0.2, 0.25) is 0 Å². The standard InChI is InChI=1S/C24H24N2.ClH/c1-24(2)20-13-8-10-15-22(20)26(3)23(24)16-6-4-5-12-19-17-18-11-7-9-14-21(18)25-19;/h4-16H,17H2,1-3H3;1H. The number of anilines is 1. The van der Waals surface area contributed by atoms with Crippen molar-refractivity contribution in [3.63, 3.8) is 0 Å². The molecule has 0 aromatic heterocycles. The Bertz CT molecular complexity index is 950. The van der Waals surface area contributed by atoms with E-state index >= 15 is 0 Å². The molecule has 1 N–H and O–H groups in total. The fourth-order valence-electron chi connectivity index (χ4n) is 4.00. The van der Waals surface area contributed by atoms with E-state index in [4.69, 9.17) is 0 Å². The highest BCUT2D eigenvalue weighted by atomic mass is 35.5. The molecule has 0 saturated heterocycles. The second-order valence-corrected chi connectivity index (χ2v) is 7.48. The van der Waals surface area contributed by atoms with Crippen LogP contribution in [0.5, 0.6) is 0 Å². The highest BCUT2D eigenvalue weighted by Gasteiger charge is 2.42. The molecule has 0 aliphatic carbocycles. The molecule has 2 aromatic rings. The van der Waals surface area contributed by atoms with Crippen molar-refractivity contribution in [1.29, 1.82) is 0 Å². The van der Waals surface area contributed by atoms with E-state index in [1.165, 1.54) is 33.9 Å². The van der Waals surface area contributed by atoms with Crippen LogP contribution in [0.25, 0.3) is 0 Å². The molecule has 4 rings (SSSR count). The molecule has 0 spiro atoms. The Morgan fingerprint density at radius 1 is 0.963 bits per heavy atom. The Hall–Kier alpha value is -2.58. The Morgan fingerprint density at radius 3 is 2.48 bits per heavy atom. The SMILES string of the molecule is C[N+]1=C(/C=C/C=C/C=C2/Cc3ccccc3N2)C(C)(C)c2ccccc21.[Cl-]. The molecule has 2 aromatic carbocycles. The number of allylic oxidation sites excluding steroid dienone is 6. The molecule has 0 bridgehead atoms. The van der Waals surface area contributed by atoms with Crippen molar-refractivity contribution in [2.24, 2.45) is 0 Å². The van der Waals surface area contributed by atoms with Crippen molar-refractivity contribution in [3.8, 4) is 0 Å². The molecule has 0 amide bonds. The molecule has 0 fully saturated rings. The summed E-state index contributed by atoms with van der Waals surface area (Å²) in [4.78, 5) is 0. The van der Waals surface area contributed by atoms with Gasteiger partial charge < -0.3 is 17.7 Å². The summed E-state index contributed by atoms with van der Waals surface area (Å²) in [5.74, 6) is 0. The molecule has 0 saturated carbocycles. The Kier molecular flexibility index (Phi) is 5.38. The van der Waals surface area contributed by atoms with Crippen LogP contribution in [-0.2, 0) is 11.8 Å². The molecule has 27 heavy (non-hydrogen) atoms. The number of fused-ring (bicyclic) bond motifs is 2. The third kappa shape index (κ3) is 3.50. The largest absolute Gasteiger partial charge is 1.00 e. The van der Waals surface area contributed by atoms with Gasteiger partial charge in [0.1, 0.15) is 7.05 Å². The number of hydrogen-bond donors (Lipinski definition) is 1. The number of para-hydroxylation sites is 2. The Balaban J connectivity index is 0.00000210. The number of nitrogens with zero attached hydrogens (tertiary/aromatic N) is 1. The minimum absolute atomic E-state index is 0. The van der Waals surface area contributed by atoms with Gasteiger partial charge in [0.15, 0.2) is 5.71 Å². The predicted octanol–water partition coefficient (Wildman–Crippen LogP) is 2.36. The van der Waals surface area contributed by atoms with E-state index in [1.807, 2.05) is 0 Å². The maximum absolute atomic E-state index is 3.47. The van der Waals surface area contributed by atoms with E-state index in [0.29, 0.717) is 0 Å². The molecular formula is C24H25ClN2. The topological polar surface area (TPSA) is 15.0 Å². The lowest BCUT2D eigenvalue weighted by Crippen LogP contribution is -3.00. The van der Waals surface area contributed by atoms with Crippen molar-refractivity contribution >= 4 is 17.1 Å². The first kappa shape index (κ1) is 19.2. The van der Waals surface area contributed by atoms with E-state index in [2.05, 4.69) is 110 Å². The minimum atomic E-state index is 0. The summed E-state index contributed by atoms with van der Waals surface area (Å²) < 4.78 is 2.30. The number of halogens is 1. The van der Waals surface area contributed by atoms with E-state index in [9.17, 15) is 0 Å². The van der Waals surface area contributed by atoms with Gasteiger partial charge in [-0.1, -0.05) is 54.6 Å². The molecule has 138 valence electrons. The van der Waals surface area contributed by atoms with Crippen LogP contribution < -0.4 is 17.7 Å². The average molecular weight is 377 g/mol. The Labute approximate surface area is 168 Å². The molecule has 3 heteroatoms. The Morgan fingerprint density at radius 2 is 1.70 bits per heavy atom. The van der Waals surface area contributed by atoms with E-state index in [0.717, 1.165) is 6.42 Å². The molecule has 0 unspecified atom stereocenters. The van der Waals surface area contributed by atoms with Crippen LogP contribution in [0.3, 0.4) is 0 Å². The number of hydrogen-bond acceptors (Lipinski definition) is 1. The summed E-state index contributed by atoms with van der Waals surface area (Å²) in [5.41, 5.74) is 7.88. The first-order valence-electron chi connectivity index (χ1n) is 9.17. The van der Waals surface area contributed by atoms with Gasteiger partial charge in [0.2, 0.25) is 5.69 Å². The van der Waals surface area contributed by atoms with Gasteiger partial charge in [-0.2, -0.15) is 4.58 Å². The summed E-state index contributed by atoms with van der Waals surface area (Å²) in [6.45, 7) is 4.58. The van der Waals surface area contributed by atoms with Gasteiger partial charge >= 0.3 is 0 Å². The van der Waals surface area contributed by atoms with Gasteiger partial charge in [-0.25, -0.2) is 0 Å². The van der Waals surface area contributed by atoms with Crippen molar-refractivity contribution in [3.05, 3.63) is 95.7 Å². The zero-order valence-electron chi connectivity index (χ0n) is 16.0. The lowest BCUT2D eigenvalue weighted by Gasteiger charge is -2.14. The number of benzene rings is 2. The van der Waals surface area contributed by atoms with E-state index < -0.39 is 0 Å². The summed E-state index contributed by atoms with van der Waals surface area (Å²) >= 11 is 0. The van der Waals surface area contributed by atoms with Crippen LogP contribution in [0, 0.1) is 0 Å². The summed E-state index contributed by atoms with van der Waals surface area (Å²) in [5, 5.41) is 3.47. The van der Waals surface area contributed by atoms with Crippen LogP contribution in [0.15, 0.2) is 84.6 Å². The molecular weight excluding hydrogens is 352 g/mol. The maximum atomic E-state index is 3.47. The molecule has 2 nitrogen and oxygen atoms in total. The quantitative estimate of drug-likeness (QED) is 0.642. The molecule has 2 heterocycles. The molecule has 0 radical (unpaired) electrons. The number of rotatable bonds is 3. The fraction of sp³-hybridized carbons (Fsp3) is 0.208. The predicted molar refractivity (Wildman–Crippen MR) is 110 cm³/mol. The van der Waals surface area contributed by atoms with Crippen molar-refractivity contribution in [2.45, 2.75) is 25.7 Å². The summed E-state index contributed by atoms with van der Waals surface area (Å²) in [6.07, 6.45) is 11.7. The fourth-order valence-corrected chi connectivity index (χ4v) is 4.00. The van der Waals surface area contributed by atoms with Crippen molar-refractivity contribution in [1.82, 2.24) is 0 Å². The third-order valence-corrected chi connectivity index (χ3v) is 5.41. The van der Waals surface area contributed by atoms with Gasteiger partial charge in [-0.3, -0.25) is 0 Å². The van der Waals surface area contributed by atoms with Crippen molar-refractivity contribution in [2.75, 3.05) is 12.4 Å². The highest BCUT2D eigenvalue weighted by molar-refractivity contribution is 6.03. The van der Waals surface area contributed by atoms with Gasteiger partial charge in [0.25, 0.3) is 0 Å². The second-order valence-electron chi connectivity index (χ2n) is 7.48. The summed E-state index contributed by atoms with van der Waals surface area (Å²) in [6, 6.07) is 17.1.